The largest absolute Gasteiger partial charge is 0.271 e. The third-order valence-corrected chi connectivity index (χ3v) is 3.52. The van der Waals surface area contributed by atoms with Gasteiger partial charge in [0.05, 0.1) is 11.0 Å². The van der Waals surface area contributed by atoms with Crippen LogP contribution in [0.3, 0.4) is 0 Å². The first-order chi connectivity index (χ1) is 8.61. The maximum Gasteiger partial charge on any atom is 0.130 e. The van der Waals surface area contributed by atoms with E-state index in [4.69, 9.17) is 5.84 Å². The van der Waals surface area contributed by atoms with Crippen molar-refractivity contribution in [3.8, 4) is 0 Å². The number of nitrogens with zero attached hydrogens (tertiary/aromatic N) is 1. The number of benzene rings is 1. The van der Waals surface area contributed by atoms with Crippen LogP contribution >= 0.6 is 11.3 Å². The van der Waals surface area contributed by atoms with Gasteiger partial charge in [0.15, 0.2) is 0 Å². The predicted octanol–water partition coefficient (Wildman–Crippen LogP) is 2.48. The van der Waals surface area contributed by atoms with E-state index in [0.29, 0.717) is 17.5 Å². The van der Waals surface area contributed by atoms with Crippen LogP contribution in [0.25, 0.3) is 0 Å². The number of hydrogen-bond donors (Lipinski definition) is 2. The molecule has 1 atom stereocenters. The molecule has 0 saturated carbocycles. The highest BCUT2D eigenvalue weighted by Crippen LogP contribution is 2.24. The molecule has 0 fully saturated rings. The zero-order chi connectivity index (χ0) is 13.1. The van der Waals surface area contributed by atoms with E-state index in [9.17, 15) is 8.78 Å². The summed E-state index contributed by atoms with van der Waals surface area (Å²) in [4.78, 5) is 4.13. The summed E-state index contributed by atoms with van der Waals surface area (Å²) in [5.74, 6) is 4.29. The van der Waals surface area contributed by atoms with Crippen molar-refractivity contribution in [3.63, 3.8) is 0 Å². The summed E-state index contributed by atoms with van der Waals surface area (Å²) in [6.45, 7) is 1.59. The summed E-state index contributed by atoms with van der Waals surface area (Å²) in [5.41, 5.74) is 3.30. The highest BCUT2D eigenvalue weighted by atomic mass is 32.1. The molecule has 18 heavy (non-hydrogen) atoms. The maximum atomic E-state index is 13.7. The fourth-order valence-electron chi connectivity index (χ4n) is 1.73. The second-order valence-corrected chi connectivity index (χ2v) is 4.95. The van der Waals surface area contributed by atoms with Crippen LogP contribution in [0.4, 0.5) is 8.78 Å². The van der Waals surface area contributed by atoms with Crippen molar-refractivity contribution in [3.05, 3.63) is 51.5 Å². The molecule has 1 aromatic heterocycles. The van der Waals surface area contributed by atoms with Gasteiger partial charge in [0.2, 0.25) is 0 Å². The van der Waals surface area contributed by atoms with Crippen LogP contribution in [0.15, 0.2) is 23.7 Å². The van der Waals surface area contributed by atoms with Gasteiger partial charge in [-0.15, -0.1) is 11.3 Å². The van der Waals surface area contributed by atoms with E-state index < -0.39 is 17.7 Å². The number of rotatable bonds is 4. The number of hydrogen-bond acceptors (Lipinski definition) is 4. The lowest BCUT2D eigenvalue weighted by Crippen LogP contribution is -2.30. The van der Waals surface area contributed by atoms with Crippen LogP contribution < -0.4 is 11.3 Å². The third-order valence-electron chi connectivity index (χ3n) is 2.72. The Morgan fingerprint density at radius 3 is 2.78 bits per heavy atom. The molecule has 2 aromatic rings. The molecule has 2 rings (SSSR count). The van der Waals surface area contributed by atoms with Crippen LogP contribution in [0.1, 0.15) is 22.2 Å². The van der Waals surface area contributed by atoms with E-state index in [-0.39, 0.29) is 0 Å². The van der Waals surface area contributed by atoms with Gasteiger partial charge in [-0.1, -0.05) is 0 Å². The molecule has 3 nitrogen and oxygen atoms in total. The van der Waals surface area contributed by atoms with Crippen molar-refractivity contribution in [2.75, 3.05) is 0 Å². The van der Waals surface area contributed by atoms with Gasteiger partial charge < -0.3 is 0 Å². The molecule has 96 valence electrons. The Hall–Kier alpha value is -1.37. The molecule has 0 bridgehead atoms. The fraction of sp³-hybridized carbons (Fsp3) is 0.250. The molecule has 6 heteroatoms. The van der Waals surface area contributed by atoms with Crippen molar-refractivity contribution < 1.29 is 8.78 Å². The molecule has 0 aliphatic rings. The summed E-state index contributed by atoms with van der Waals surface area (Å²) >= 11 is 1.47. The van der Waals surface area contributed by atoms with Gasteiger partial charge in [-0.05, 0) is 18.6 Å². The Bertz CT molecular complexity index is 528. The highest BCUT2D eigenvalue weighted by Gasteiger charge is 2.18. The molecule has 0 aliphatic carbocycles. The van der Waals surface area contributed by atoms with Gasteiger partial charge in [0.25, 0.3) is 0 Å². The first-order valence-corrected chi connectivity index (χ1v) is 6.30. The van der Waals surface area contributed by atoms with E-state index in [1.165, 1.54) is 17.4 Å². The Kier molecular flexibility index (Phi) is 4.00. The lowest BCUT2D eigenvalue weighted by Gasteiger charge is -2.16. The Labute approximate surface area is 108 Å². The molecule has 1 unspecified atom stereocenters. The van der Waals surface area contributed by atoms with Gasteiger partial charge in [-0.2, -0.15) is 0 Å². The third kappa shape index (κ3) is 2.72. The average Bonchev–Trinajstić information content (AvgIpc) is 2.84. The number of nitrogens with one attached hydrogen (secondary N) is 1. The molecule has 0 aliphatic heterocycles. The minimum absolute atomic E-state index is 0.353. The van der Waals surface area contributed by atoms with Crippen LogP contribution in [-0.4, -0.2) is 4.98 Å². The molecule has 0 spiro atoms. The zero-order valence-electron chi connectivity index (χ0n) is 9.78. The minimum Gasteiger partial charge on any atom is -0.271 e. The normalized spacial score (nSPS) is 12.7. The number of thiazole rings is 1. The van der Waals surface area contributed by atoms with Gasteiger partial charge in [-0.3, -0.25) is 11.3 Å². The van der Waals surface area contributed by atoms with Gasteiger partial charge in [0, 0.05) is 29.6 Å². The lowest BCUT2D eigenvalue weighted by atomic mass is 10.0. The summed E-state index contributed by atoms with van der Waals surface area (Å²) in [7, 11) is 0. The first-order valence-electron chi connectivity index (χ1n) is 5.42. The van der Waals surface area contributed by atoms with Crippen LogP contribution in [0.5, 0.6) is 0 Å². The quantitative estimate of drug-likeness (QED) is 0.662. The maximum absolute atomic E-state index is 13.7. The molecular weight excluding hydrogens is 256 g/mol. The topological polar surface area (TPSA) is 50.9 Å². The van der Waals surface area contributed by atoms with Crippen molar-refractivity contribution in [2.24, 2.45) is 5.84 Å². The van der Waals surface area contributed by atoms with E-state index in [1.807, 2.05) is 5.38 Å². The lowest BCUT2D eigenvalue weighted by molar-refractivity contribution is 0.500. The van der Waals surface area contributed by atoms with Crippen molar-refractivity contribution in [1.29, 1.82) is 0 Å². The number of aryl methyl sites for hydroxylation is 1. The van der Waals surface area contributed by atoms with Crippen LogP contribution in [-0.2, 0) is 6.42 Å². The zero-order valence-corrected chi connectivity index (χ0v) is 10.6. The molecule has 1 aromatic carbocycles. The smallest absolute Gasteiger partial charge is 0.130 e. The van der Waals surface area contributed by atoms with Crippen LogP contribution in [0, 0.1) is 18.6 Å². The molecule has 0 saturated heterocycles. The van der Waals surface area contributed by atoms with E-state index in [0.717, 1.165) is 11.1 Å². The molecule has 0 radical (unpaired) electrons. The number of aromatic nitrogens is 1. The summed E-state index contributed by atoms with van der Waals surface area (Å²) < 4.78 is 26.9. The van der Waals surface area contributed by atoms with Crippen LogP contribution in [0.2, 0.25) is 0 Å². The molecule has 1 heterocycles. The van der Waals surface area contributed by atoms with Gasteiger partial charge in [0.1, 0.15) is 11.6 Å². The Balaban J connectivity index is 2.30. The average molecular weight is 269 g/mol. The molecular formula is C12H13F2N3S. The van der Waals surface area contributed by atoms with Gasteiger partial charge in [-0.25, -0.2) is 13.8 Å². The van der Waals surface area contributed by atoms with Crippen molar-refractivity contribution in [1.82, 2.24) is 10.4 Å². The second-order valence-electron chi connectivity index (χ2n) is 3.97. The Morgan fingerprint density at radius 2 is 2.17 bits per heavy atom. The molecule has 0 amide bonds. The summed E-state index contributed by atoms with van der Waals surface area (Å²) in [6, 6.07) is 1.94. The number of halogens is 2. The number of nitrogens with two attached hydrogens (primary N) is 1. The van der Waals surface area contributed by atoms with Gasteiger partial charge >= 0.3 is 0 Å². The fourth-order valence-corrected chi connectivity index (χ4v) is 2.40. The van der Waals surface area contributed by atoms with Crippen molar-refractivity contribution >= 4 is 11.3 Å². The van der Waals surface area contributed by atoms with E-state index in [1.54, 1.807) is 13.1 Å². The molecule has 3 N–H and O–H groups in total. The van der Waals surface area contributed by atoms with E-state index in [2.05, 4.69) is 10.4 Å². The standard InChI is InChI=1S/C12H13F2N3S/c1-7-4-8(10(14)5-9(7)13)11(17-15)6-12-16-2-3-18-12/h2-5,11,17H,6,15H2,1H3. The minimum atomic E-state index is -0.599. The van der Waals surface area contributed by atoms with Crippen molar-refractivity contribution in [2.45, 2.75) is 19.4 Å². The highest BCUT2D eigenvalue weighted by molar-refractivity contribution is 7.09. The first kappa shape index (κ1) is 13.1. The number of hydrazine groups is 1. The second kappa shape index (κ2) is 5.51. The predicted molar refractivity (Wildman–Crippen MR) is 67.0 cm³/mol. The SMILES string of the molecule is Cc1cc(C(Cc2nccs2)NN)c(F)cc1F. The van der Waals surface area contributed by atoms with E-state index >= 15 is 0 Å². The summed E-state index contributed by atoms with van der Waals surface area (Å²) in [6.07, 6.45) is 2.15. The monoisotopic (exact) mass is 269 g/mol. The Morgan fingerprint density at radius 1 is 1.39 bits per heavy atom. The summed E-state index contributed by atoms with van der Waals surface area (Å²) in [5, 5.41) is 2.69.